The van der Waals surface area contributed by atoms with E-state index in [2.05, 4.69) is 4.72 Å². The van der Waals surface area contributed by atoms with Crippen LogP contribution < -0.4 is 10.5 Å². The first kappa shape index (κ1) is 18.8. The third-order valence-corrected chi connectivity index (χ3v) is 5.63. The maximum absolute atomic E-state index is 12.3. The predicted octanol–water partition coefficient (Wildman–Crippen LogP) is 2.10. The van der Waals surface area contributed by atoms with Gasteiger partial charge in [-0.3, -0.25) is 0 Å². The standard InChI is InChI=1S/C14H28N2O3S2/c1-12(2)19-10-11-21(17,18)16-14(13(15)20)8-6-4-3-5-7-9-14/h12,16H,3-11H2,1-2H3,(H2,15,20). The van der Waals surface area contributed by atoms with Gasteiger partial charge in [0.2, 0.25) is 10.0 Å². The largest absolute Gasteiger partial charge is 0.392 e. The highest BCUT2D eigenvalue weighted by molar-refractivity contribution is 7.89. The van der Waals surface area contributed by atoms with E-state index in [9.17, 15) is 8.42 Å². The van der Waals surface area contributed by atoms with Crippen molar-refractivity contribution >= 4 is 27.2 Å². The number of hydrogen-bond donors (Lipinski definition) is 2. The molecule has 0 unspecified atom stereocenters. The number of hydrogen-bond acceptors (Lipinski definition) is 4. The van der Waals surface area contributed by atoms with Gasteiger partial charge in [-0.05, 0) is 26.7 Å². The van der Waals surface area contributed by atoms with Crippen LogP contribution in [0.4, 0.5) is 0 Å². The van der Waals surface area contributed by atoms with E-state index in [0.29, 0.717) is 12.8 Å². The zero-order valence-corrected chi connectivity index (χ0v) is 14.7. The van der Waals surface area contributed by atoms with Crippen molar-refractivity contribution < 1.29 is 13.2 Å². The summed E-state index contributed by atoms with van der Waals surface area (Å²) in [6.07, 6.45) is 6.68. The maximum Gasteiger partial charge on any atom is 0.214 e. The summed E-state index contributed by atoms with van der Waals surface area (Å²) in [5, 5.41) is 0. The average molecular weight is 337 g/mol. The molecule has 0 aromatic carbocycles. The van der Waals surface area contributed by atoms with Crippen molar-refractivity contribution in [3.8, 4) is 0 Å². The molecule has 0 bridgehead atoms. The molecule has 0 amide bonds. The van der Waals surface area contributed by atoms with Crippen LogP contribution in [0, 0.1) is 0 Å². The van der Waals surface area contributed by atoms with E-state index in [0.717, 1.165) is 25.7 Å². The van der Waals surface area contributed by atoms with Crippen molar-refractivity contribution in [3.05, 3.63) is 0 Å². The number of ether oxygens (including phenoxy) is 1. The van der Waals surface area contributed by atoms with Gasteiger partial charge in [0.15, 0.2) is 0 Å². The predicted molar refractivity (Wildman–Crippen MR) is 89.8 cm³/mol. The Morgan fingerprint density at radius 3 is 2.24 bits per heavy atom. The summed E-state index contributed by atoms with van der Waals surface area (Å²) in [6, 6.07) is 0. The zero-order valence-electron chi connectivity index (χ0n) is 13.1. The smallest absolute Gasteiger partial charge is 0.214 e. The monoisotopic (exact) mass is 336 g/mol. The Kier molecular flexibility index (Phi) is 7.53. The van der Waals surface area contributed by atoms with Crippen LogP contribution in [0.3, 0.4) is 0 Å². The van der Waals surface area contributed by atoms with Gasteiger partial charge in [0.05, 0.1) is 29.0 Å². The Labute approximate surface area is 134 Å². The fourth-order valence-corrected chi connectivity index (χ4v) is 4.30. The number of rotatable bonds is 7. The number of nitrogens with one attached hydrogen (secondary N) is 1. The number of nitrogens with two attached hydrogens (primary N) is 1. The van der Waals surface area contributed by atoms with Crippen molar-refractivity contribution in [1.29, 1.82) is 0 Å². The fourth-order valence-electron chi connectivity index (χ4n) is 2.65. The van der Waals surface area contributed by atoms with Gasteiger partial charge in [0, 0.05) is 0 Å². The maximum atomic E-state index is 12.3. The molecule has 0 atom stereocenters. The molecule has 7 heteroatoms. The molecule has 0 aliphatic heterocycles. The lowest BCUT2D eigenvalue weighted by molar-refractivity contribution is 0.0910. The molecule has 5 nitrogen and oxygen atoms in total. The van der Waals surface area contributed by atoms with E-state index in [1.54, 1.807) is 0 Å². The fraction of sp³-hybridized carbons (Fsp3) is 0.929. The lowest BCUT2D eigenvalue weighted by Gasteiger charge is -2.35. The van der Waals surface area contributed by atoms with Crippen LogP contribution >= 0.6 is 12.2 Å². The second-order valence-corrected chi connectivity index (χ2v) is 8.34. The van der Waals surface area contributed by atoms with E-state index in [1.807, 2.05) is 13.8 Å². The Hall–Kier alpha value is -0.240. The van der Waals surface area contributed by atoms with Crippen LogP contribution in [-0.4, -0.2) is 37.4 Å². The normalized spacial score (nSPS) is 20.0. The topological polar surface area (TPSA) is 81.4 Å². The molecule has 1 fully saturated rings. The molecule has 21 heavy (non-hydrogen) atoms. The SMILES string of the molecule is CC(C)OCCS(=O)(=O)NC1(C(N)=S)CCCCCCC1. The molecule has 1 aliphatic rings. The number of sulfonamides is 1. The molecule has 0 heterocycles. The van der Waals surface area contributed by atoms with Crippen molar-refractivity contribution in [2.24, 2.45) is 5.73 Å². The first-order valence-corrected chi connectivity index (χ1v) is 9.77. The van der Waals surface area contributed by atoms with Gasteiger partial charge in [-0.2, -0.15) is 0 Å². The molecule has 1 saturated carbocycles. The summed E-state index contributed by atoms with van der Waals surface area (Å²) in [5.74, 6) is -0.0600. The van der Waals surface area contributed by atoms with Crippen molar-refractivity contribution in [3.63, 3.8) is 0 Å². The van der Waals surface area contributed by atoms with E-state index < -0.39 is 15.6 Å². The van der Waals surface area contributed by atoms with Crippen molar-refractivity contribution in [2.45, 2.75) is 70.4 Å². The molecule has 1 rings (SSSR count). The van der Waals surface area contributed by atoms with Gasteiger partial charge < -0.3 is 10.5 Å². The summed E-state index contributed by atoms with van der Waals surface area (Å²) in [5.41, 5.74) is 5.12. The minimum absolute atomic E-state index is 0.0196. The second kappa shape index (κ2) is 8.41. The summed E-state index contributed by atoms with van der Waals surface area (Å²) < 4.78 is 32.7. The van der Waals surface area contributed by atoms with Crippen LogP contribution in [0.5, 0.6) is 0 Å². The summed E-state index contributed by atoms with van der Waals surface area (Å²) in [4.78, 5) is 0.262. The van der Waals surface area contributed by atoms with Gasteiger partial charge in [0.25, 0.3) is 0 Å². The molecule has 0 aromatic rings. The van der Waals surface area contributed by atoms with Crippen LogP contribution in [0.25, 0.3) is 0 Å². The Morgan fingerprint density at radius 1 is 1.24 bits per heavy atom. The first-order valence-electron chi connectivity index (χ1n) is 7.71. The van der Waals surface area contributed by atoms with Crippen LogP contribution in [0.15, 0.2) is 0 Å². The quantitative estimate of drug-likeness (QED) is 0.696. The van der Waals surface area contributed by atoms with Gasteiger partial charge in [-0.1, -0.05) is 44.3 Å². The Bertz CT molecular complexity index is 428. The first-order chi connectivity index (χ1) is 9.77. The van der Waals surface area contributed by atoms with Gasteiger partial charge in [0.1, 0.15) is 0 Å². The van der Waals surface area contributed by atoms with Crippen molar-refractivity contribution in [1.82, 2.24) is 4.72 Å². The molecule has 124 valence electrons. The summed E-state index contributed by atoms with van der Waals surface area (Å²) >= 11 is 5.17. The highest BCUT2D eigenvalue weighted by Crippen LogP contribution is 2.27. The van der Waals surface area contributed by atoms with Crippen molar-refractivity contribution in [2.75, 3.05) is 12.4 Å². The molecule has 0 aromatic heterocycles. The molecule has 3 N–H and O–H groups in total. The van der Waals surface area contributed by atoms with Crippen LogP contribution in [-0.2, 0) is 14.8 Å². The average Bonchev–Trinajstić information content (AvgIpc) is 2.31. The third-order valence-electron chi connectivity index (χ3n) is 3.83. The minimum Gasteiger partial charge on any atom is -0.392 e. The molecule has 1 aliphatic carbocycles. The van der Waals surface area contributed by atoms with E-state index in [-0.39, 0.29) is 23.5 Å². The summed E-state index contributed by atoms with van der Waals surface area (Å²) in [6.45, 7) is 3.94. The summed E-state index contributed by atoms with van der Waals surface area (Å²) in [7, 11) is -3.45. The lowest BCUT2D eigenvalue weighted by Crippen LogP contribution is -2.57. The molecular weight excluding hydrogens is 308 g/mol. The highest BCUT2D eigenvalue weighted by atomic mass is 32.2. The van der Waals surface area contributed by atoms with Crippen LogP contribution in [0.2, 0.25) is 0 Å². The Balaban J connectivity index is 2.73. The highest BCUT2D eigenvalue weighted by Gasteiger charge is 2.37. The van der Waals surface area contributed by atoms with Gasteiger partial charge in [-0.25, -0.2) is 13.1 Å². The van der Waals surface area contributed by atoms with Crippen LogP contribution in [0.1, 0.15) is 58.8 Å². The molecule has 0 radical (unpaired) electrons. The lowest BCUT2D eigenvalue weighted by atomic mass is 9.85. The molecule has 0 saturated heterocycles. The Morgan fingerprint density at radius 2 is 1.76 bits per heavy atom. The van der Waals surface area contributed by atoms with Gasteiger partial charge >= 0.3 is 0 Å². The molecule has 0 spiro atoms. The second-order valence-electron chi connectivity index (χ2n) is 6.05. The number of thiocarbonyl (C=S) groups is 1. The zero-order chi connectivity index (χ0) is 15.9. The van der Waals surface area contributed by atoms with E-state index in [1.165, 1.54) is 6.42 Å². The molecular formula is C14H28N2O3S2. The third kappa shape index (κ3) is 6.59. The van der Waals surface area contributed by atoms with E-state index in [4.69, 9.17) is 22.7 Å². The minimum atomic E-state index is -3.45. The van der Waals surface area contributed by atoms with E-state index >= 15 is 0 Å². The van der Waals surface area contributed by atoms with Gasteiger partial charge in [-0.15, -0.1) is 0 Å².